The standard InChI is InChI=1S/C41H74N2O11/c1-3-41(32-52-29-24-36(45)21-15-9-5-4-8-14-20-35(2)44,33-53-30-25-37(46)42-27-18-12-6-10-16-22-39(48)49)34-54-31-26-38(47)43-28-19-13-7-11-17-23-40(50)51/h3-34H2,1-2H3,(H,42,46)(H,43,47)(H,48,49)(H,50,51). The van der Waals surface area contributed by atoms with E-state index in [-0.39, 0.29) is 62.3 Å². The molecule has 0 atom stereocenters. The highest BCUT2D eigenvalue weighted by atomic mass is 16.5. The summed E-state index contributed by atoms with van der Waals surface area (Å²) in [6.07, 6.45) is 17.5. The number of ether oxygens (including phenoxy) is 3. The summed E-state index contributed by atoms with van der Waals surface area (Å²) in [5.41, 5.74) is -0.514. The van der Waals surface area contributed by atoms with E-state index in [0.29, 0.717) is 78.0 Å². The van der Waals surface area contributed by atoms with Crippen LogP contribution in [0.1, 0.15) is 168 Å². The average Bonchev–Trinajstić information content (AvgIpc) is 3.13. The van der Waals surface area contributed by atoms with Gasteiger partial charge in [0.15, 0.2) is 0 Å². The van der Waals surface area contributed by atoms with Crippen LogP contribution in [0.2, 0.25) is 0 Å². The van der Waals surface area contributed by atoms with E-state index in [9.17, 15) is 28.8 Å². The van der Waals surface area contributed by atoms with E-state index in [1.165, 1.54) is 0 Å². The molecule has 0 aromatic heterocycles. The first-order valence-electron chi connectivity index (χ1n) is 20.7. The van der Waals surface area contributed by atoms with Crippen molar-refractivity contribution < 1.29 is 53.2 Å². The van der Waals surface area contributed by atoms with Crippen LogP contribution in [0.25, 0.3) is 0 Å². The molecule has 0 aromatic rings. The van der Waals surface area contributed by atoms with Gasteiger partial charge in [0.2, 0.25) is 11.8 Å². The molecule has 0 aromatic carbocycles. The maximum atomic E-state index is 12.5. The van der Waals surface area contributed by atoms with E-state index in [1.807, 2.05) is 6.92 Å². The molecule has 0 saturated carbocycles. The number of ketones is 2. The molecule has 4 N–H and O–H groups in total. The maximum absolute atomic E-state index is 12.5. The Labute approximate surface area is 324 Å². The Balaban J connectivity index is 4.59. The number of hydrogen-bond donors (Lipinski definition) is 4. The van der Waals surface area contributed by atoms with Gasteiger partial charge in [0.1, 0.15) is 11.6 Å². The van der Waals surface area contributed by atoms with E-state index in [4.69, 9.17) is 24.4 Å². The number of aliphatic carboxylic acids is 2. The van der Waals surface area contributed by atoms with E-state index < -0.39 is 17.4 Å². The first kappa shape index (κ1) is 51.1. The molecule has 0 saturated heterocycles. The number of amides is 2. The summed E-state index contributed by atoms with van der Waals surface area (Å²) in [6, 6.07) is 0. The Morgan fingerprint density at radius 2 is 0.815 bits per heavy atom. The van der Waals surface area contributed by atoms with Crippen LogP contribution in [0.4, 0.5) is 0 Å². The second kappa shape index (κ2) is 35.8. The van der Waals surface area contributed by atoms with Crippen LogP contribution in [0.15, 0.2) is 0 Å². The minimum absolute atomic E-state index is 0.0915. The highest BCUT2D eigenvalue weighted by Gasteiger charge is 2.30. The van der Waals surface area contributed by atoms with Crippen LogP contribution in [0.3, 0.4) is 0 Å². The van der Waals surface area contributed by atoms with Crippen molar-refractivity contribution in [3.63, 3.8) is 0 Å². The summed E-state index contributed by atoms with van der Waals surface area (Å²) in [7, 11) is 0. The lowest BCUT2D eigenvalue weighted by Crippen LogP contribution is -2.38. The smallest absolute Gasteiger partial charge is 0.303 e. The third-order valence-corrected chi connectivity index (χ3v) is 9.46. The van der Waals surface area contributed by atoms with Gasteiger partial charge >= 0.3 is 11.9 Å². The molecule has 2 amide bonds. The van der Waals surface area contributed by atoms with Crippen molar-refractivity contribution >= 4 is 35.3 Å². The minimum atomic E-state index is -0.771. The van der Waals surface area contributed by atoms with Gasteiger partial charge in [-0.1, -0.05) is 71.1 Å². The molecule has 0 radical (unpaired) electrons. The fraction of sp³-hybridized carbons (Fsp3) is 0.854. The van der Waals surface area contributed by atoms with Crippen molar-refractivity contribution in [3.8, 4) is 0 Å². The first-order valence-corrected chi connectivity index (χ1v) is 20.7. The third-order valence-electron chi connectivity index (χ3n) is 9.46. The van der Waals surface area contributed by atoms with Crippen LogP contribution in [0.5, 0.6) is 0 Å². The van der Waals surface area contributed by atoms with Gasteiger partial charge in [0, 0.05) is 63.5 Å². The van der Waals surface area contributed by atoms with Gasteiger partial charge in [0.25, 0.3) is 0 Å². The zero-order valence-corrected chi connectivity index (χ0v) is 33.7. The molecule has 0 spiro atoms. The van der Waals surface area contributed by atoms with Gasteiger partial charge in [-0.05, 0) is 51.9 Å². The summed E-state index contributed by atoms with van der Waals surface area (Å²) in [4.78, 5) is 69.4. The molecule has 0 aliphatic rings. The lowest BCUT2D eigenvalue weighted by molar-refractivity contribution is -0.138. The second-order valence-electron chi connectivity index (χ2n) is 14.6. The number of unbranched alkanes of at least 4 members (excludes halogenated alkanes) is 13. The van der Waals surface area contributed by atoms with Gasteiger partial charge in [-0.3, -0.25) is 24.0 Å². The molecular formula is C41H74N2O11. The van der Waals surface area contributed by atoms with Crippen LogP contribution < -0.4 is 10.6 Å². The largest absolute Gasteiger partial charge is 0.481 e. The van der Waals surface area contributed by atoms with Crippen molar-refractivity contribution in [1.82, 2.24) is 10.6 Å². The Bertz CT molecular complexity index is 899. The fourth-order valence-electron chi connectivity index (χ4n) is 5.84. The van der Waals surface area contributed by atoms with Crippen molar-refractivity contribution in [2.24, 2.45) is 5.41 Å². The van der Waals surface area contributed by atoms with Gasteiger partial charge in [-0.2, -0.15) is 0 Å². The number of nitrogens with one attached hydrogen (secondary N) is 2. The molecule has 0 heterocycles. The lowest BCUT2D eigenvalue weighted by Gasteiger charge is -2.32. The molecule has 0 unspecified atom stereocenters. The molecule has 0 aliphatic carbocycles. The topological polar surface area (TPSA) is 195 Å². The molecule has 13 heteroatoms. The summed E-state index contributed by atoms with van der Waals surface area (Å²) >= 11 is 0. The zero-order chi connectivity index (χ0) is 40.1. The SMILES string of the molecule is CCC(COCCC(=O)CCCCCCCCC(C)=O)(COCCC(=O)NCCCCCCCC(=O)O)COCCC(=O)NCCCCCCCC(=O)O. The quantitative estimate of drug-likeness (QED) is 0.0469. The van der Waals surface area contributed by atoms with Crippen LogP contribution >= 0.6 is 0 Å². The fourth-order valence-corrected chi connectivity index (χ4v) is 5.84. The van der Waals surface area contributed by atoms with Gasteiger partial charge in [0.05, 0.1) is 39.6 Å². The van der Waals surface area contributed by atoms with Crippen LogP contribution in [0, 0.1) is 5.41 Å². The summed E-state index contributed by atoms with van der Waals surface area (Å²) in [5, 5.41) is 23.2. The maximum Gasteiger partial charge on any atom is 0.303 e. The number of Topliss-reactive ketones (excluding diaryl/α,β-unsaturated/α-hetero) is 2. The Kier molecular flexibility index (Phi) is 33.9. The van der Waals surface area contributed by atoms with Gasteiger partial charge in [-0.25, -0.2) is 0 Å². The molecule has 0 bridgehead atoms. The summed E-state index contributed by atoms with van der Waals surface area (Å²) < 4.78 is 18.0. The van der Waals surface area contributed by atoms with Crippen molar-refractivity contribution in [2.45, 2.75) is 168 Å². The van der Waals surface area contributed by atoms with Crippen molar-refractivity contribution in [1.29, 1.82) is 0 Å². The van der Waals surface area contributed by atoms with Crippen LogP contribution in [-0.2, 0) is 43.0 Å². The molecule has 314 valence electrons. The molecule has 0 rings (SSSR count). The number of carbonyl (C=O) groups is 6. The van der Waals surface area contributed by atoms with E-state index >= 15 is 0 Å². The number of carbonyl (C=O) groups excluding carboxylic acids is 4. The van der Waals surface area contributed by atoms with Crippen LogP contribution in [-0.4, -0.2) is 98.3 Å². The Hall–Kier alpha value is -2.90. The molecule has 13 nitrogen and oxygen atoms in total. The second-order valence-corrected chi connectivity index (χ2v) is 14.6. The Morgan fingerprint density at radius 3 is 1.20 bits per heavy atom. The molecule has 54 heavy (non-hydrogen) atoms. The number of rotatable bonds is 41. The number of carboxylic acids is 2. The monoisotopic (exact) mass is 771 g/mol. The van der Waals surface area contributed by atoms with E-state index in [2.05, 4.69) is 10.6 Å². The minimum Gasteiger partial charge on any atom is -0.481 e. The molecule has 0 fully saturated rings. The average molecular weight is 771 g/mol. The van der Waals surface area contributed by atoms with Gasteiger partial charge < -0.3 is 39.9 Å². The summed E-state index contributed by atoms with van der Waals surface area (Å²) in [6.45, 7) is 6.46. The molecule has 0 aliphatic heterocycles. The normalized spacial score (nSPS) is 11.4. The third kappa shape index (κ3) is 34.8. The van der Waals surface area contributed by atoms with E-state index in [1.54, 1.807) is 6.92 Å². The highest BCUT2D eigenvalue weighted by Crippen LogP contribution is 2.24. The zero-order valence-electron chi connectivity index (χ0n) is 33.7. The predicted molar refractivity (Wildman–Crippen MR) is 208 cm³/mol. The lowest BCUT2D eigenvalue weighted by atomic mass is 9.88. The predicted octanol–water partition coefficient (Wildman–Crippen LogP) is 6.96. The first-order chi connectivity index (χ1) is 26.0. The van der Waals surface area contributed by atoms with Crippen molar-refractivity contribution in [2.75, 3.05) is 52.7 Å². The number of hydrogen-bond acceptors (Lipinski definition) is 9. The van der Waals surface area contributed by atoms with E-state index in [0.717, 1.165) is 89.9 Å². The van der Waals surface area contributed by atoms with Crippen molar-refractivity contribution in [3.05, 3.63) is 0 Å². The van der Waals surface area contributed by atoms with Gasteiger partial charge in [-0.15, -0.1) is 0 Å². The molecular weight excluding hydrogens is 696 g/mol. The Morgan fingerprint density at radius 1 is 0.463 bits per heavy atom. The highest BCUT2D eigenvalue weighted by molar-refractivity contribution is 5.78. The number of carboxylic acid groups (broad SMARTS) is 2. The summed E-state index contributed by atoms with van der Waals surface area (Å²) in [5.74, 6) is -1.31.